The Hall–Kier alpha value is -2.12. The molecule has 1 aromatic heterocycles. The summed E-state index contributed by atoms with van der Waals surface area (Å²) < 4.78 is 17.9. The van der Waals surface area contributed by atoms with E-state index in [9.17, 15) is 4.21 Å². The Labute approximate surface area is 169 Å². The minimum Gasteiger partial charge on any atom is -0.468 e. The molecule has 0 bridgehead atoms. The number of nitrogens with zero attached hydrogens (tertiary/aromatic N) is 2. The maximum atomic E-state index is 12.3. The van der Waals surface area contributed by atoms with Crippen LogP contribution in [0.4, 0.5) is 0 Å². The predicted molar refractivity (Wildman–Crippen MR) is 115 cm³/mol. The first kappa shape index (κ1) is 20.6. The molecule has 2 aromatic rings. The van der Waals surface area contributed by atoms with Crippen molar-refractivity contribution in [3.8, 4) is 0 Å². The summed E-state index contributed by atoms with van der Waals surface area (Å²) in [7, 11) is 0.861. The van der Waals surface area contributed by atoms with Gasteiger partial charge in [0.25, 0.3) is 0 Å². The van der Waals surface area contributed by atoms with Gasteiger partial charge in [0.05, 0.1) is 12.3 Å². The van der Waals surface area contributed by atoms with E-state index in [1.165, 1.54) is 12.8 Å². The molecule has 7 heteroatoms. The van der Waals surface area contributed by atoms with Gasteiger partial charge in [-0.1, -0.05) is 30.3 Å². The van der Waals surface area contributed by atoms with Gasteiger partial charge in [0.15, 0.2) is 5.96 Å². The van der Waals surface area contributed by atoms with Crippen molar-refractivity contribution in [1.29, 1.82) is 0 Å². The van der Waals surface area contributed by atoms with Crippen LogP contribution in [0.15, 0.2) is 58.1 Å². The van der Waals surface area contributed by atoms with Gasteiger partial charge < -0.3 is 15.1 Å². The van der Waals surface area contributed by atoms with E-state index in [-0.39, 0.29) is 6.04 Å². The normalized spacial score (nSPS) is 17.4. The summed E-state index contributed by atoms with van der Waals surface area (Å²) >= 11 is 0. The molecule has 0 aliphatic carbocycles. The Balaban J connectivity index is 1.44. The molecule has 1 fully saturated rings. The molecule has 1 aliphatic rings. The van der Waals surface area contributed by atoms with Gasteiger partial charge in [-0.05, 0) is 43.6 Å². The number of rotatable bonds is 9. The maximum Gasteiger partial charge on any atom is 0.191 e. The lowest BCUT2D eigenvalue weighted by Gasteiger charge is -2.26. The van der Waals surface area contributed by atoms with Crippen LogP contribution >= 0.6 is 0 Å². The molecule has 3 rings (SSSR count). The molecule has 2 unspecified atom stereocenters. The zero-order valence-corrected chi connectivity index (χ0v) is 17.3. The zero-order chi connectivity index (χ0) is 19.6. The topological polar surface area (TPSA) is 69.9 Å². The van der Waals surface area contributed by atoms with Crippen molar-refractivity contribution in [2.75, 3.05) is 39.0 Å². The van der Waals surface area contributed by atoms with Gasteiger partial charge in [-0.15, -0.1) is 0 Å². The van der Waals surface area contributed by atoms with Gasteiger partial charge in [-0.25, -0.2) is 0 Å². The molecule has 2 heterocycles. The van der Waals surface area contributed by atoms with Gasteiger partial charge >= 0.3 is 0 Å². The van der Waals surface area contributed by atoms with Gasteiger partial charge in [0, 0.05) is 42.4 Å². The summed E-state index contributed by atoms with van der Waals surface area (Å²) in [6.07, 6.45) is 4.20. The SMILES string of the molecule is CN=C(NCCS(=O)Cc1ccccc1)NCC(c1ccco1)N1CCCC1. The van der Waals surface area contributed by atoms with Crippen molar-refractivity contribution in [2.24, 2.45) is 4.99 Å². The largest absolute Gasteiger partial charge is 0.468 e. The van der Waals surface area contributed by atoms with Gasteiger partial charge in [-0.3, -0.25) is 14.1 Å². The van der Waals surface area contributed by atoms with Crippen LogP contribution in [0.3, 0.4) is 0 Å². The first-order valence-electron chi connectivity index (χ1n) is 9.87. The first-order chi connectivity index (χ1) is 13.8. The molecular weight excluding hydrogens is 372 g/mol. The van der Waals surface area contributed by atoms with E-state index in [2.05, 4.69) is 20.5 Å². The molecule has 2 atom stereocenters. The summed E-state index contributed by atoms with van der Waals surface area (Å²) in [4.78, 5) is 6.75. The van der Waals surface area contributed by atoms with Gasteiger partial charge in [0.1, 0.15) is 5.76 Å². The standard InChI is InChI=1S/C21H30N4O2S/c1-22-21(23-11-15-28(26)17-18-8-3-2-4-9-18)24-16-19(20-10-7-14-27-20)25-12-5-6-13-25/h2-4,7-10,14,19H,5-6,11-13,15-17H2,1H3,(H2,22,23,24). The molecule has 1 aromatic carbocycles. The number of nitrogens with one attached hydrogen (secondary N) is 2. The number of aliphatic imine (C=N–C) groups is 1. The monoisotopic (exact) mass is 402 g/mol. The third-order valence-electron chi connectivity index (χ3n) is 4.93. The van der Waals surface area contributed by atoms with E-state index in [0.717, 1.165) is 36.9 Å². The summed E-state index contributed by atoms with van der Waals surface area (Å²) in [5, 5.41) is 6.67. The van der Waals surface area contributed by atoms with Crippen molar-refractivity contribution < 1.29 is 8.63 Å². The van der Waals surface area contributed by atoms with E-state index in [1.807, 2.05) is 42.5 Å². The lowest BCUT2D eigenvalue weighted by molar-refractivity contribution is 0.215. The summed E-state index contributed by atoms with van der Waals surface area (Å²) in [5.74, 6) is 2.88. The smallest absolute Gasteiger partial charge is 0.191 e. The molecule has 152 valence electrons. The molecule has 0 saturated carbocycles. The Bertz CT molecular complexity index is 743. The number of furan rings is 1. The molecule has 0 amide bonds. The summed E-state index contributed by atoms with van der Waals surface area (Å²) in [6, 6.07) is 14.1. The van der Waals surface area contributed by atoms with Crippen LogP contribution < -0.4 is 10.6 Å². The fourth-order valence-electron chi connectivity index (χ4n) is 3.47. The number of likely N-dealkylation sites (tertiary alicyclic amines) is 1. The van der Waals surface area contributed by atoms with Crippen LogP contribution in [0.1, 0.15) is 30.2 Å². The van der Waals surface area contributed by atoms with Crippen molar-refractivity contribution in [3.63, 3.8) is 0 Å². The van der Waals surface area contributed by atoms with Crippen molar-refractivity contribution in [1.82, 2.24) is 15.5 Å². The average molecular weight is 403 g/mol. The Kier molecular flexibility index (Phi) is 8.11. The zero-order valence-electron chi connectivity index (χ0n) is 16.5. The van der Waals surface area contributed by atoms with Crippen LogP contribution in [-0.2, 0) is 16.6 Å². The van der Waals surface area contributed by atoms with Crippen molar-refractivity contribution >= 4 is 16.8 Å². The van der Waals surface area contributed by atoms with Crippen LogP contribution in [-0.4, -0.2) is 54.0 Å². The number of guanidine groups is 1. The highest BCUT2D eigenvalue weighted by Gasteiger charge is 2.25. The lowest BCUT2D eigenvalue weighted by atomic mass is 10.2. The molecule has 6 nitrogen and oxygen atoms in total. The van der Waals surface area contributed by atoms with Crippen molar-refractivity contribution in [2.45, 2.75) is 24.6 Å². The van der Waals surface area contributed by atoms with Gasteiger partial charge in [0.2, 0.25) is 0 Å². The second kappa shape index (κ2) is 11.0. The van der Waals surface area contributed by atoms with E-state index in [0.29, 0.717) is 18.1 Å². The molecule has 1 aliphatic heterocycles. The summed E-state index contributed by atoms with van der Waals surface area (Å²) in [6.45, 7) is 3.53. The van der Waals surface area contributed by atoms with Gasteiger partial charge in [-0.2, -0.15) is 0 Å². The lowest BCUT2D eigenvalue weighted by Crippen LogP contribution is -2.43. The third kappa shape index (κ3) is 6.21. The third-order valence-corrected chi connectivity index (χ3v) is 6.25. The highest BCUT2D eigenvalue weighted by Crippen LogP contribution is 2.24. The van der Waals surface area contributed by atoms with Crippen LogP contribution in [0.25, 0.3) is 0 Å². The second-order valence-electron chi connectivity index (χ2n) is 6.93. The van der Waals surface area contributed by atoms with E-state index < -0.39 is 10.8 Å². The van der Waals surface area contributed by atoms with Crippen LogP contribution in [0, 0.1) is 0 Å². The second-order valence-corrected chi connectivity index (χ2v) is 8.50. The molecule has 0 radical (unpaired) electrons. The molecule has 0 spiro atoms. The fourth-order valence-corrected chi connectivity index (χ4v) is 4.51. The Morgan fingerprint density at radius 1 is 1.18 bits per heavy atom. The fraction of sp³-hybridized carbons (Fsp3) is 0.476. The average Bonchev–Trinajstić information content (AvgIpc) is 3.42. The first-order valence-corrected chi connectivity index (χ1v) is 11.4. The molecule has 1 saturated heterocycles. The summed E-state index contributed by atoms with van der Waals surface area (Å²) in [5.41, 5.74) is 1.11. The maximum absolute atomic E-state index is 12.3. The van der Waals surface area contributed by atoms with Crippen molar-refractivity contribution in [3.05, 3.63) is 60.1 Å². The number of hydrogen-bond donors (Lipinski definition) is 2. The number of hydrogen-bond acceptors (Lipinski definition) is 4. The predicted octanol–water partition coefficient (Wildman–Crippen LogP) is 2.53. The van der Waals surface area contributed by atoms with E-state index in [1.54, 1.807) is 13.3 Å². The highest BCUT2D eigenvalue weighted by molar-refractivity contribution is 7.84. The molecule has 28 heavy (non-hydrogen) atoms. The van der Waals surface area contributed by atoms with Crippen LogP contribution in [0.5, 0.6) is 0 Å². The van der Waals surface area contributed by atoms with Crippen LogP contribution in [0.2, 0.25) is 0 Å². The Morgan fingerprint density at radius 3 is 2.64 bits per heavy atom. The quantitative estimate of drug-likeness (QED) is 0.498. The van der Waals surface area contributed by atoms with E-state index >= 15 is 0 Å². The highest BCUT2D eigenvalue weighted by atomic mass is 32.2. The number of benzene rings is 1. The minimum atomic E-state index is -0.897. The molecular formula is C21H30N4O2S. The van der Waals surface area contributed by atoms with E-state index in [4.69, 9.17) is 4.42 Å². The Morgan fingerprint density at radius 2 is 1.96 bits per heavy atom. The minimum absolute atomic E-state index is 0.197. The molecule has 2 N–H and O–H groups in total.